The molecule has 5 nitrogen and oxygen atoms in total. The van der Waals surface area contributed by atoms with E-state index in [0.717, 1.165) is 12.8 Å². The first-order valence-electron chi connectivity index (χ1n) is 8.12. The van der Waals surface area contributed by atoms with Gasteiger partial charge in [-0.15, -0.1) is 0 Å². The predicted octanol–water partition coefficient (Wildman–Crippen LogP) is 3.28. The molecule has 124 valence electrons. The minimum Gasteiger partial charge on any atom is -0.492 e. The summed E-state index contributed by atoms with van der Waals surface area (Å²) in [4.78, 5) is 26.9. The van der Waals surface area contributed by atoms with Crippen molar-refractivity contribution in [2.24, 2.45) is 5.92 Å². The van der Waals surface area contributed by atoms with E-state index in [-0.39, 0.29) is 23.8 Å². The SMILES string of the molecule is CC(C)(C)OC(=O)N1CCC[C@H]1[C@H]1COc2ccccc2C1=O. The second kappa shape index (κ2) is 5.87. The number of ether oxygens (including phenoxy) is 2. The van der Waals surface area contributed by atoms with Crippen molar-refractivity contribution >= 4 is 11.9 Å². The Morgan fingerprint density at radius 2 is 2.04 bits per heavy atom. The van der Waals surface area contributed by atoms with Crippen molar-refractivity contribution in [1.29, 1.82) is 0 Å². The van der Waals surface area contributed by atoms with Crippen molar-refractivity contribution in [2.45, 2.75) is 45.3 Å². The van der Waals surface area contributed by atoms with Gasteiger partial charge >= 0.3 is 6.09 Å². The number of likely N-dealkylation sites (tertiary alicyclic amines) is 1. The molecule has 2 heterocycles. The average Bonchev–Trinajstić information content (AvgIpc) is 2.95. The van der Waals surface area contributed by atoms with E-state index >= 15 is 0 Å². The van der Waals surface area contributed by atoms with Crippen LogP contribution < -0.4 is 4.74 Å². The molecule has 0 spiro atoms. The van der Waals surface area contributed by atoms with Gasteiger partial charge in [-0.05, 0) is 45.7 Å². The monoisotopic (exact) mass is 317 g/mol. The summed E-state index contributed by atoms with van der Waals surface area (Å²) < 4.78 is 11.2. The number of Topliss-reactive ketones (excluding diaryl/α,β-unsaturated/α-hetero) is 1. The Morgan fingerprint density at radius 3 is 2.78 bits per heavy atom. The molecule has 2 atom stereocenters. The fourth-order valence-corrected chi connectivity index (χ4v) is 3.29. The minimum absolute atomic E-state index is 0.0623. The number of para-hydroxylation sites is 1. The van der Waals surface area contributed by atoms with E-state index in [1.165, 1.54) is 0 Å². The standard InChI is InChI=1S/C18H23NO4/c1-18(2,3)23-17(21)19-10-6-8-14(19)13-11-22-15-9-5-4-7-12(15)16(13)20/h4-5,7,9,13-14H,6,8,10-11H2,1-3H3/t13-,14+/m1/s1. The second-order valence-corrected chi connectivity index (χ2v) is 7.16. The van der Waals surface area contributed by atoms with E-state index < -0.39 is 5.60 Å². The maximum absolute atomic E-state index is 12.8. The summed E-state index contributed by atoms with van der Waals surface area (Å²) in [6, 6.07) is 7.14. The highest BCUT2D eigenvalue weighted by molar-refractivity contribution is 6.01. The summed E-state index contributed by atoms with van der Waals surface area (Å²) in [5.74, 6) is 0.378. The van der Waals surface area contributed by atoms with Gasteiger partial charge in [-0.3, -0.25) is 4.79 Å². The van der Waals surface area contributed by atoms with E-state index in [9.17, 15) is 9.59 Å². The zero-order chi connectivity index (χ0) is 16.6. The lowest BCUT2D eigenvalue weighted by Crippen LogP contribution is -2.48. The number of nitrogens with zero attached hydrogens (tertiary/aromatic N) is 1. The maximum atomic E-state index is 12.8. The molecule has 1 aromatic carbocycles. The van der Waals surface area contributed by atoms with Crippen molar-refractivity contribution in [2.75, 3.05) is 13.2 Å². The van der Waals surface area contributed by atoms with Crippen LogP contribution in [-0.2, 0) is 4.74 Å². The number of hydrogen-bond acceptors (Lipinski definition) is 4. The Kier molecular flexibility index (Phi) is 4.04. The van der Waals surface area contributed by atoms with Crippen molar-refractivity contribution in [3.8, 4) is 5.75 Å². The van der Waals surface area contributed by atoms with Gasteiger partial charge in [-0.1, -0.05) is 12.1 Å². The molecule has 1 fully saturated rings. The Balaban J connectivity index is 1.79. The molecule has 0 unspecified atom stereocenters. The number of carbonyl (C=O) groups is 2. The van der Waals surface area contributed by atoms with Gasteiger partial charge in [0.2, 0.25) is 0 Å². The highest BCUT2D eigenvalue weighted by Gasteiger charge is 2.42. The highest BCUT2D eigenvalue weighted by Crippen LogP contribution is 2.34. The highest BCUT2D eigenvalue weighted by atomic mass is 16.6. The molecule has 0 aromatic heterocycles. The van der Waals surface area contributed by atoms with Gasteiger partial charge in [0.1, 0.15) is 18.0 Å². The number of amides is 1. The summed E-state index contributed by atoms with van der Waals surface area (Å²) in [5, 5.41) is 0. The number of benzene rings is 1. The van der Waals surface area contributed by atoms with Crippen LogP contribution in [0.1, 0.15) is 44.0 Å². The molecule has 0 radical (unpaired) electrons. The quantitative estimate of drug-likeness (QED) is 0.797. The van der Waals surface area contributed by atoms with Gasteiger partial charge in [-0.2, -0.15) is 0 Å². The molecule has 3 rings (SSSR count). The summed E-state index contributed by atoms with van der Waals surface area (Å²) in [6.07, 6.45) is 1.35. The van der Waals surface area contributed by atoms with Gasteiger partial charge in [0.25, 0.3) is 0 Å². The number of rotatable bonds is 1. The first kappa shape index (κ1) is 15.8. The largest absolute Gasteiger partial charge is 0.492 e. The molecular weight excluding hydrogens is 294 g/mol. The van der Waals surface area contributed by atoms with E-state index in [1.54, 1.807) is 11.0 Å². The third kappa shape index (κ3) is 3.19. The summed E-state index contributed by atoms with van der Waals surface area (Å²) in [5.41, 5.74) is 0.0731. The molecule has 5 heteroatoms. The Bertz CT molecular complexity index is 620. The molecule has 0 aliphatic carbocycles. The Hall–Kier alpha value is -2.04. The predicted molar refractivity (Wildman–Crippen MR) is 85.7 cm³/mol. The van der Waals surface area contributed by atoms with Crippen LogP contribution in [-0.4, -0.2) is 41.6 Å². The van der Waals surface area contributed by atoms with Crippen LogP contribution in [0.3, 0.4) is 0 Å². The fourth-order valence-electron chi connectivity index (χ4n) is 3.29. The molecule has 1 amide bonds. The van der Waals surface area contributed by atoms with Gasteiger partial charge in [-0.25, -0.2) is 4.79 Å². The Morgan fingerprint density at radius 1 is 1.30 bits per heavy atom. The van der Waals surface area contributed by atoms with E-state index in [4.69, 9.17) is 9.47 Å². The number of ketones is 1. The fraction of sp³-hybridized carbons (Fsp3) is 0.556. The molecule has 2 aliphatic rings. The van der Waals surface area contributed by atoms with Crippen molar-refractivity contribution < 1.29 is 19.1 Å². The van der Waals surface area contributed by atoms with Crippen LogP contribution in [0, 0.1) is 5.92 Å². The zero-order valence-electron chi connectivity index (χ0n) is 13.9. The van der Waals surface area contributed by atoms with Gasteiger partial charge in [0.15, 0.2) is 5.78 Å². The van der Waals surface area contributed by atoms with E-state index in [0.29, 0.717) is 24.5 Å². The van der Waals surface area contributed by atoms with Crippen molar-refractivity contribution in [3.63, 3.8) is 0 Å². The second-order valence-electron chi connectivity index (χ2n) is 7.16. The van der Waals surface area contributed by atoms with Crippen LogP contribution in [0.15, 0.2) is 24.3 Å². The zero-order valence-corrected chi connectivity index (χ0v) is 13.9. The molecule has 23 heavy (non-hydrogen) atoms. The lowest BCUT2D eigenvalue weighted by atomic mass is 9.88. The molecule has 0 N–H and O–H groups in total. The lowest BCUT2D eigenvalue weighted by Gasteiger charge is -2.34. The van der Waals surface area contributed by atoms with Gasteiger partial charge in [0, 0.05) is 12.6 Å². The normalized spacial score (nSPS) is 24.1. The third-order valence-corrected chi connectivity index (χ3v) is 4.30. The third-order valence-electron chi connectivity index (χ3n) is 4.30. The van der Waals surface area contributed by atoms with Crippen LogP contribution in [0.5, 0.6) is 5.75 Å². The number of carbonyl (C=O) groups excluding carboxylic acids is 2. The van der Waals surface area contributed by atoms with E-state index in [1.807, 2.05) is 39.0 Å². The topological polar surface area (TPSA) is 55.8 Å². The van der Waals surface area contributed by atoms with Crippen molar-refractivity contribution in [1.82, 2.24) is 4.90 Å². The summed E-state index contributed by atoms with van der Waals surface area (Å²) in [6.45, 7) is 6.49. The molecular formula is C18H23NO4. The van der Waals surface area contributed by atoms with Crippen molar-refractivity contribution in [3.05, 3.63) is 29.8 Å². The average molecular weight is 317 g/mol. The molecule has 1 aromatic rings. The van der Waals surface area contributed by atoms with E-state index in [2.05, 4.69) is 0 Å². The first-order valence-corrected chi connectivity index (χ1v) is 8.12. The smallest absolute Gasteiger partial charge is 0.410 e. The molecule has 1 saturated heterocycles. The summed E-state index contributed by atoms with van der Waals surface area (Å²) >= 11 is 0. The molecule has 2 aliphatic heterocycles. The summed E-state index contributed by atoms with van der Waals surface area (Å²) in [7, 11) is 0. The molecule has 0 bridgehead atoms. The first-order chi connectivity index (χ1) is 10.9. The van der Waals surface area contributed by atoms with Gasteiger partial charge in [0.05, 0.1) is 11.5 Å². The van der Waals surface area contributed by atoms with Crippen LogP contribution >= 0.6 is 0 Å². The maximum Gasteiger partial charge on any atom is 0.410 e. The molecule has 0 saturated carbocycles. The van der Waals surface area contributed by atoms with Crippen LogP contribution in [0.2, 0.25) is 0 Å². The number of fused-ring (bicyclic) bond motifs is 1. The van der Waals surface area contributed by atoms with Crippen LogP contribution in [0.4, 0.5) is 4.79 Å². The number of hydrogen-bond donors (Lipinski definition) is 0. The Labute approximate surface area is 136 Å². The van der Waals surface area contributed by atoms with Crippen LogP contribution in [0.25, 0.3) is 0 Å². The van der Waals surface area contributed by atoms with Gasteiger partial charge < -0.3 is 14.4 Å². The minimum atomic E-state index is -0.538. The lowest BCUT2D eigenvalue weighted by molar-refractivity contribution is 0.0150.